The first-order valence-electron chi connectivity index (χ1n) is 12.1. The number of nitrogens with one attached hydrogen (secondary N) is 1. The van der Waals surface area contributed by atoms with E-state index in [0.717, 1.165) is 47.7 Å². The summed E-state index contributed by atoms with van der Waals surface area (Å²) in [6.45, 7) is 8.70. The van der Waals surface area contributed by atoms with Crippen molar-refractivity contribution >= 4 is 11.3 Å². The fraction of sp³-hybridized carbons (Fsp3) is 0.520. The molecule has 180 valence electrons. The average molecular weight is 463 g/mol. The summed E-state index contributed by atoms with van der Waals surface area (Å²) in [5.74, 6) is 2.43. The zero-order valence-electron chi connectivity index (χ0n) is 20.9. The van der Waals surface area contributed by atoms with Gasteiger partial charge in [-0.15, -0.1) is 5.10 Å². The fourth-order valence-electron chi connectivity index (χ4n) is 4.92. The number of anilines is 1. The molecule has 0 spiro atoms. The lowest BCUT2D eigenvalue weighted by Gasteiger charge is -2.17. The minimum atomic E-state index is 0.266. The molecule has 1 N–H and O–H groups in total. The smallest absolute Gasteiger partial charge is 0.218 e. The van der Waals surface area contributed by atoms with Gasteiger partial charge in [0.05, 0.1) is 11.8 Å². The summed E-state index contributed by atoms with van der Waals surface area (Å²) in [5.41, 5.74) is 4.24. The molecule has 9 heteroatoms. The Morgan fingerprint density at radius 1 is 1.12 bits per heavy atom. The highest BCUT2D eigenvalue weighted by Crippen LogP contribution is 2.37. The van der Waals surface area contributed by atoms with Crippen molar-refractivity contribution in [2.45, 2.75) is 71.1 Å². The Balaban J connectivity index is 1.69. The molecule has 1 fully saturated rings. The largest absolute Gasteiger partial charge is 0.381 e. The Kier molecular flexibility index (Phi) is 5.89. The van der Waals surface area contributed by atoms with E-state index in [0.29, 0.717) is 17.9 Å². The average Bonchev–Trinajstić information content (AvgIpc) is 3.58. The normalized spacial score (nSPS) is 18.6. The van der Waals surface area contributed by atoms with E-state index in [2.05, 4.69) is 50.3 Å². The van der Waals surface area contributed by atoms with E-state index in [-0.39, 0.29) is 12.0 Å². The molecule has 0 aliphatic heterocycles. The maximum absolute atomic E-state index is 5.61. The third-order valence-electron chi connectivity index (χ3n) is 6.74. The summed E-state index contributed by atoms with van der Waals surface area (Å²) < 4.78 is 11.5. The first kappa shape index (κ1) is 22.6. The summed E-state index contributed by atoms with van der Waals surface area (Å²) in [6, 6.07) is 2.69. The summed E-state index contributed by atoms with van der Waals surface area (Å²) in [5, 5.41) is 13.5. The summed E-state index contributed by atoms with van der Waals surface area (Å²) in [4.78, 5) is 9.51. The first-order valence-corrected chi connectivity index (χ1v) is 12.1. The summed E-state index contributed by atoms with van der Waals surface area (Å²) >= 11 is 0. The van der Waals surface area contributed by atoms with Crippen LogP contribution >= 0.6 is 0 Å². The Morgan fingerprint density at radius 2 is 1.94 bits per heavy atom. The van der Waals surface area contributed by atoms with Crippen LogP contribution in [0.4, 0.5) is 5.82 Å². The lowest BCUT2D eigenvalue weighted by Crippen LogP contribution is -2.19. The molecule has 1 aliphatic carbocycles. The molecule has 1 aliphatic rings. The van der Waals surface area contributed by atoms with E-state index in [1.807, 2.05) is 33.2 Å². The number of ether oxygens (including phenoxy) is 1. The first-order chi connectivity index (χ1) is 16.4. The fourth-order valence-corrected chi connectivity index (χ4v) is 4.92. The zero-order valence-corrected chi connectivity index (χ0v) is 20.9. The van der Waals surface area contributed by atoms with Gasteiger partial charge in [0.1, 0.15) is 5.52 Å². The molecule has 0 aromatic carbocycles. The summed E-state index contributed by atoms with van der Waals surface area (Å²) in [6.07, 6.45) is 11.2. The van der Waals surface area contributed by atoms with Gasteiger partial charge in [-0.25, -0.2) is 14.5 Å². The van der Waals surface area contributed by atoms with Crippen LogP contribution in [0.25, 0.3) is 28.4 Å². The number of aromatic nitrogens is 7. The van der Waals surface area contributed by atoms with Gasteiger partial charge >= 0.3 is 0 Å². The zero-order chi connectivity index (χ0) is 24.0. The second-order valence-electron chi connectivity index (χ2n) is 9.84. The van der Waals surface area contributed by atoms with Crippen molar-refractivity contribution in [3.05, 3.63) is 36.4 Å². The van der Waals surface area contributed by atoms with Crippen LogP contribution in [-0.2, 0) is 11.8 Å². The Bertz CT molecular complexity index is 1300. The number of hydrogen-bond acceptors (Lipinski definition) is 6. The van der Waals surface area contributed by atoms with Crippen molar-refractivity contribution in [1.29, 1.82) is 0 Å². The Morgan fingerprint density at radius 3 is 2.56 bits per heavy atom. The third-order valence-corrected chi connectivity index (χ3v) is 6.74. The van der Waals surface area contributed by atoms with Crippen molar-refractivity contribution in [2.24, 2.45) is 7.05 Å². The second kappa shape index (κ2) is 8.87. The van der Waals surface area contributed by atoms with Crippen molar-refractivity contribution in [3.63, 3.8) is 0 Å². The lowest BCUT2D eigenvalue weighted by atomic mass is 9.98. The van der Waals surface area contributed by atoms with E-state index in [9.17, 15) is 0 Å². The van der Waals surface area contributed by atoms with Crippen molar-refractivity contribution in [3.8, 4) is 22.9 Å². The topological polar surface area (TPSA) is 87.1 Å². The van der Waals surface area contributed by atoms with Crippen LogP contribution in [0.1, 0.15) is 64.5 Å². The number of aryl methyl sites for hydroxylation is 1. The summed E-state index contributed by atoms with van der Waals surface area (Å²) in [7, 11) is 3.75. The predicted octanol–water partition coefficient (Wildman–Crippen LogP) is 4.68. The monoisotopic (exact) mass is 462 g/mol. The standard InChI is InChI=1S/C25H34N8O/c1-15(2)21-19(20-9-11-32(29-20)16(3)4)14-33-22(21)23(27-17-7-8-18(13-17)34-6)28-24(30-33)25-26-10-12-31(25)5/h9-12,14-18H,7-8,13H2,1-6H3,(H,27,28,30). The van der Waals surface area contributed by atoms with E-state index >= 15 is 0 Å². The van der Waals surface area contributed by atoms with Gasteiger partial charge in [0.2, 0.25) is 5.82 Å². The van der Waals surface area contributed by atoms with Gasteiger partial charge in [-0.3, -0.25) is 4.68 Å². The highest BCUT2D eigenvalue weighted by molar-refractivity contribution is 5.83. The van der Waals surface area contributed by atoms with Gasteiger partial charge < -0.3 is 14.6 Å². The van der Waals surface area contributed by atoms with Crippen molar-refractivity contribution < 1.29 is 4.74 Å². The Labute approximate surface area is 200 Å². The highest BCUT2D eigenvalue weighted by Gasteiger charge is 2.28. The molecule has 0 saturated heterocycles. The minimum Gasteiger partial charge on any atom is -0.381 e. The molecule has 1 saturated carbocycles. The molecular weight excluding hydrogens is 428 g/mol. The van der Waals surface area contributed by atoms with Crippen molar-refractivity contribution in [1.82, 2.24) is 33.9 Å². The highest BCUT2D eigenvalue weighted by atomic mass is 16.5. The SMILES string of the molecule is COC1CCC(Nc2nc(-c3nccn3C)nn3cc(-c4ccn(C(C)C)n4)c(C(C)C)c23)C1. The minimum absolute atomic E-state index is 0.266. The molecule has 0 bridgehead atoms. The third kappa shape index (κ3) is 3.98. The van der Waals surface area contributed by atoms with Gasteiger partial charge in [-0.2, -0.15) is 5.10 Å². The molecule has 2 atom stereocenters. The van der Waals surface area contributed by atoms with Crippen LogP contribution in [0.2, 0.25) is 0 Å². The van der Waals surface area contributed by atoms with Gasteiger partial charge in [-0.05, 0) is 50.7 Å². The van der Waals surface area contributed by atoms with Crippen LogP contribution < -0.4 is 5.32 Å². The number of hydrogen-bond donors (Lipinski definition) is 1. The number of fused-ring (bicyclic) bond motifs is 1. The molecule has 5 rings (SSSR count). The molecule has 0 radical (unpaired) electrons. The molecule has 0 amide bonds. The van der Waals surface area contributed by atoms with Crippen LogP contribution in [-0.4, -0.2) is 53.2 Å². The predicted molar refractivity (Wildman–Crippen MR) is 133 cm³/mol. The van der Waals surface area contributed by atoms with E-state index in [1.165, 1.54) is 5.56 Å². The number of imidazole rings is 1. The Hall–Kier alpha value is -3.20. The van der Waals surface area contributed by atoms with Crippen LogP contribution in [0, 0.1) is 0 Å². The van der Waals surface area contributed by atoms with Crippen molar-refractivity contribution in [2.75, 3.05) is 12.4 Å². The molecule has 4 heterocycles. The molecule has 4 aromatic heterocycles. The lowest BCUT2D eigenvalue weighted by molar-refractivity contribution is 0.108. The maximum atomic E-state index is 5.61. The van der Waals surface area contributed by atoms with Gasteiger partial charge in [0.15, 0.2) is 11.6 Å². The second-order valence-corrected chi connectivity index (χ2v) is 9.84. The van der Waals surface area contributed by atoms with E-state index in [4.69, 9.17) is 19.9 Å². The van der Waals surface area contributed by atoms with Crippen LogP contribution in [0.5, 0.6) is 0 Å². The number of nitrogens with zero attached hydrogens (tertiary/aromatic N) is 7. The van der Waals surface area contributed by atoms with E-state index < -0.39 is 0 Å². The van der Waals surface area contributed by atoms with Gasteiger partial charge in [0.25, 0.3) is 0 Å². The van der Waals surface area contributed by atoms with Crippen LogP contribution in [0.3, 0.4) is 0 Å². The molecular formula is C25H34N8O. The molecule has 4 aromatic rings. The quantitative estimate of drug-likeness (QED) is 0.429. The molecule has 34 heavy (non-hydrogen) atoms. The van der Waals surface area contributed by atoms with Gasteiger partial charge in [0, 0.05) is 56.6 Å². The molecule has 9 nitrogen and oxygen atoms in total. The van der Waals surface area contributed by atoms with Crippen LogP contribution in [0.15, 0.2) is 30.9 Å². The molecule has 2 unspecified atom stereocenters. The van der Waals surface area contributed by atoms with E-state index in [1.54, 1.807) is 13.3 Å². The number of methoxy groups -OCH3 is 1. The number of rotatable bonds is 7. The maximum Gasteiger partial charge on any atom is 0.218 e. The van der Waals surface area contributed by atoms with Gasteiger partial charge in [-0.1, -0.05) is 13.8 Å².